The third-order valence-electron chi connectivity index (χ3n) is 5.58. The van der Waals surface area contributed by atoms with Crippen LogP contribution in [0.25, 0.3) is 5.78 Å². The number of likely N-dealkylation sites (tertiary alicyclic amines) is 1. The molecule has 0 saturated carbocycles. The second-order valence-corrected chi connectivity index (χ2v) is 7.13. The summed E-state index contributed by atoms with van der Waals surface area (Å²) in [5, 5.41) is 4.66. The highest BCUT2D eigenvalue weighted by Crippen LogP contribution is 2.31. The number of aromatic amines is 1. The maximum absolute atomic E-state index is 12.4. The van der Waals surface area contributed by atoms with Gasteiger partial charge in [0.1, 0.15) is 0 Å². The van der Waals surface area contributed by atoms with Crippen LogP contribution in [0.2, 0.25) is 0 Å². The second kappa shape index (κ2) is 6.72. The normalized spacial score (nSPS) is 18.7. The lowest BCUT2D eigenvalue weighted by atomic mass is 9.98. The average molecular weight is 354 g/mol. The molecule has 1 saturated heterocycles. The number of imidazole rings is 1. The fourth-order valence-corrected chi connectivity index (χ4v) is 4.13. The predicted molar refractivity (Wildman–Crippen MR) is 100 cm³/mol. The molecule has 0 radical (unpaired) electrons. The van der Waals surface area contributed by atoms with Gasteiger partial charge in [-0.1, -0.05) is 6.42 Å². The molecule has 0 aliphatic carbocycles. The molecule has 138 valence electrons. The van der Waals surface area contributed by atoms with Gasteiger partial charge < -0.3 is 4.98 Å². The molecular formula is C19H26N6O. The maximum atomic E-state index is 12.4. The highest BCUT2D eigenvalue weighted by atomic mass is 16.1. The number of hydrogen-bond donors (Lipinski definition) is 1. The first-order chi connectivity index (χ1) is 12.6. The Morgan fingerprint density at radius 3 is 2.92 bits per heavy atom. The minimum absolute atomic E-state index is 0.0251. The SMILES string of the molecule is CCn1nc(C)c(CN2CCCCC2c2cc(=O)n3ccnc3[nH]2)c1C. The molecule has 0 bridgehead atoms. The minimum atomic E-state index is -0.0251. The number of aromatic nitrogens is 5. The van der Waals surface area contributed by atoms with E-state index < -0.39 is 0 Å². The topological polar surface area (TPSA) is 71.2 Å². The van der Waals surface area contributed by atoms with E-state index in [-0.39, 0.29) is 11.6 Å². The summed E-state index contributed by atoms with van der Waals surface area (Å²) in [6.45, 7) is 9.14. The van der Waals surface area contributed by atoms with Gasteiger partial charge in [0, 0.05) is 48.5 Å². The maximum Gasteiger partial charge on any atom is 0.259 e. The first-order valence-electron chi connectivity index (χ1n) is 9.41. The number of nitrogens with one attached hydrogen (secondary N) is 1. The molecule has 7 heteroatoms. The van der Waals surface area contributed by atoms with E-state index in [1.165, 1.54) is 24.1 Å². The molecular weight excluding hydrogens is 328 g/mol. The van der Waals surface area contributed by atoms with E-state index in [1.54, 1.807) is 22.9 Å². The summed E-state index contributed by atoms with van der Waals surface area (Å²) in [4.78, 5) is 22.5. The summed E-state index contributed by atoms with van der Waals surface area (Å²) in [5.74, 6) is 0.615. The number of hydrogen-bond acceptors (Lipinski definition) is 4. The van der Waals surface area contributed by atoms with Crippen molar-refractivity contribution in [3.8, 4) is 0 Å². The van der Waals surface area contributed by atoms with Gasteiger partial charge >= 0.3 is 0 Å². The van der Waals surface area contributed by atoms with Crippen molar-refractivity contribution < 1.29 is 0 Å². The number of aryl methyl sites for hydroxylation is 2. The third kappa shape index (κ3) is 2.86. The minimum Gasteiger partial charge on any atom is -0.327 e. The highest BCUT2D eigenvalue weighted by Gasteiger charge is 2.27. The van der Waals surface area contributed by atoms with Gasteiger partial charge in [0.25, 0.3) is 5.56 Å². The number of nitrogens with zero attached hydrogens (tertiary/aromatic N) is 5. The molecule has 1 fully saturated rings. The summed E-state index contributed by atoms with van der Waals surface area (Å²) >= 11 is 0. The summed E-state index contributed by atoms with van der Waals surface area (Å²) < 4.78 is 3.62. The zero-order valence-electron chi connectivity index (χ0n) is 15.7. The summed E-state index contributed by atoms with van der Waals surface area (Å²) in [6, 6.07) is 1.94. The van der Waals surface area contributed by atoms with Gasteiger partial charge in [0.15, 0.2) is 0 Å². The molecule has 3 aromatic rings. The Morgan fingerprint density at radius 1 is 1.31 bits per heavy atom. The summed E-state index contributed by atoms with van der Waals surface area (Å²) in [7, 11) is 0. The van der Waals surface area contributed by atoms with Crippen molar-refractivity contribution in [3.05, 3.63) is 51.5 Å². The summed E-state index contributed by atoms with van der Waals surface area (Å²) in [5.41, 5.74) is 4.59. The molecule has 26 heavy (non-hydrogen) atoms. The van der Waals surface area contributed by atoms with Gasteiger partial charge in [-0.3, -0.25) is 18.8 Å². The van der Waals surface area contributed by atoms with Crippen LogP contribution in [0.1, 0.15) is 54.9 Å². The van der Waals surface area contributed by atoms with E-state index in [0.717, 1.165) is 37.4 Å². The molecule has 1 aliphatic rings. The van der Waals surface area contributed by atoms with E-state index in [9.17, 15) is 4.79 Å². The van der Waals surface area contributed by atoms with Gasteiger partial charge in [-0.2, -0.15) is 5.10 Å². The van der Waals surface area contributed by atoms with Crippen molar-refractivity contribution in [2.75, 3.05) is 6.54 Å². The van der Waals surface area contributed by atoms with E-state index >= 15 is 0 Å². The standard InChI is InChI=1S/C19H26N6O/c1-4-25-14(3)15(13(2)22-25)12-23-9-6-5-7-17(23)16-11-18(26)24-10-8-20-19(24)21-16/h8,10-11,17H,4-7,9,12H2,1-3H3,(H,20,21). The molecule has 4 rings (SSSR count). The van der Waals surface area contributed by atoms with Gasteiger partial charge in [-0.15, -0.1) is 0 Å². The van der Waals surface area contributed by atoms with Crippen LogP contribution in [0.15, 0.2) is 23.3 Å². The van der Waals surface area contributed by atoms with Crippen molar-refractivity contribution >= 4 is 5.78 Å². The van der Waals surface area contributed by atoms with Crippen LogP contribution < -0.4 is 5.56 Å². The van der Waals surface area contributed by atoms with Gasteiger partial charge in [-0.05, 0) is 40.2 Å². The fourth-order valence-electron chi connectivity index (χ4n) is 4.13. The van der Waals surface area contributed by atoms with Crippen LogP contribution in [0.4, 0.5) is 0 Å². The zero-order chi connectivity index (χ0) is 18.3. The van der Waals surface area contributed by atoms with Gasteiger partial charge in [-0.25, -0.2) is 4.98 Å². The number of rotatable bonds is 4. The number of fused-ring (bicyclic) bond motifs is 1. The first kappa shape index (κ1) is 17.0. The van der Waals surface area contributed by atoms with Gasteiger partial charge in [0.2, 0.25) is 5.78 Å². The van der Waals surface area contributed by atoms with Crippen LogP contribution in [-0.2, 0) is 13.1 Å². The number of H-pyrrole nitrogens is 1. The Bertz CT molecular complexity index is 982. The lowest BCUT2D eigenvalue weighted by Crippen LogP contribution is -2.34. The Balaban J connectivity index is 1.68. The quantitative estimate of drug-likeness (QED) is 0.782. The van der Waals surface area contributed by atoms with Crippen LogP contribution >= 0.6 is 0 Å². The Morgan fingerprint density at radius 2 is 2.15 bits per heavy atom. The Kier molecular flexibility index (Phi) is 4.40. The molecule has 7 nitrogen and oxygen atoms in total. The second-order valence-electron chi connectivity index (χ2n) is 7.13. The Hall–Kier alpha value is -2.41. The molecule has 0 amide bonds. The van der Waals surface area contributed by atoms with Crippen LogP contribution in [0.5, 0.6) is 0 Å². The van der Waals surface area contributed by atoms with Crippen molar-refractivity contribution in [2.24, 2.45) is 0 Å². The van der Waals surface area contributed by atoms with E-state index in [2.05, 4.69) is 45.4 Å². The van der Waals surface area contributed by atoms with Crippen molar-refractivity contribution in [1.29, 1.82) is 0 Å². The highest BCUT2D eigenvalue weighted by molar-refractivity contribution is 5.30. The lowest BCUT2D eigenvalue weighted by Gasteiger charge is -2.35. The van der Waals surface area contributed by atoms with Crippen LogP contribution in [0, 0.1) is 13.8 Å². The molecule has 3 aromatic heterocycles. The smallest absolute Gasteiger partial charge is 0.259 e. The van der Waals surface area contributed by atoms with Gasteiger partial charge in [0.05, 0.1) is 11.7 Å². The molecule has 1 unspecified atom stereocenters. The van der Waals surface area contributed by atoms with Crippen molar-refractivity contribution in [2.45, 2.75) is 59.2 Å². The fraction of sp³-hybridized carbons (Fsp3) is 0.526. The zero-order valence-corrected chi connectivity index (χ0v) is 15.7. The monoisotopic (exact) mass is 354 g/mol. The summed E-state index contributed by atoms with van der Waals surface area (Å²) in [6.07, 6.45) is 6.76. The van der Waals surface area contributed by atoms with Crippen molar-refractivity contribution in [3.63, 3.8) is 0 Å². The molecule has 1 N–H and O–H groups in total. The lowest BCUT2D eigenvalue weighted by molar-refractivity contribution is 0.136. The molecule has 4 heterocycles. The number of piperidine rings is 1. The molecule has 1 atom stereocenters. The Labute approximate surface area is 152 Å². The van der Waals surface area contributed by atoms with Crippen LogP contribution in [0.3, 0.4) is 0 Å². The van der Waals surface area contributed by atoms with E-state index in [0.29, 0.717) is 5.78 Å². The van der Waals surface area contributed by atoms with Crippen LogP contribution in [-0.4, -0.2) is 35.6 Å². The molecule has 0 spiro atoms. The molecule has 0 aromatic carbocycles. The largest absolute Gasteiger partial charge is 0.327 e. The van der Waals surface area contributed by atoms with E-state index in [1.807, 2.05) is 0 Å². The average Bonchev–Trinajstić information content (AvgIpc) is 3.22. The molecule has 1 aliphatic heterocycles. The van der Waals surface area contributed by atoms with E-state index in [4.69, 9.17) is 0 Å². The third-order valence-corrected chi connectivity index (χ3v) is 5.58. The predicted octanol–water partition coefficient (Wildman–Crippen LogP) is 2.58. The first-order valence-corrected chi connectivity index (χ1v) is 9.41. The van der Waals surface area contributed by atoms with Crippen molar-refractivity contribution in [1.82, 2.24) is 29.0 Å².